The molecule has 0 heterocycles. The molecule has 72 valence electrons. The summed E-state index contributed by atoms with van der Waals surface area (Å²) in [6.07, 6.45) is 0. The lowest BCUT2D eigenvalue weighted by atomic mass is 10.1. The first-order chi connectivity index (χ1) is 6.25. The Bertz CT molecular complexity index is 276. The van der Waals surface area contributed by atoms with E-state index in [1.165, 1.54) is 14.7 Å². The molecule has 3 heteroatoms. The first kappa shape index (κ1) is 10.9. The van der Waals surface area contributed by atoms with E-state index in [0.717, 1.165) is 6.54 Å². The highest BCUT2D eigenvalue weighted by Crippen LogP contribution is 2.16. The van der Waals surface area contributed by atoms with E-state index < -0.39 is 0 Å². The topological polar surface area (TPSA) is 32.3 Å². The molecule has 0 saturated heterocycles. The Labute approximate surface area is 92.5 Å². The quantitative estimate of drug-likeness (QED) is 0.653. The van der Waals surface area contributed by atoms with Crippen molar-refractivity contribution in [1.82, 2.24) is 5.32 Å². The van der Waals surface area contributed by atoms with Gasteiger partial charge in [-0.3, -0.25) is 0 Å². The molecule has 0 aromatic heterocycles. The maximum absolute atomic E-state index is 8.60. The Morgan fingerprint density at radius 2 is 2.23 bits per heavy atom. The minimum Gasteiger partial charge on any atom is -0.395 e. The highest BCUT2D eigenvalue weighted by molar-refractivity contribution is 14.1. The van der Waals surface area contributed by atoms with E-state index >= 15 is 0 Å². The van der Waals surface area contributed by atoms with E-state index in [0.29, 0.717) is 6.54 Å². The molecule has 0 aliphatic heterocycles. The van der Waals surface area contributed by atoms with Crippen LogP contribution < -0.4 is 5.32 Å². The van der Waals surface area contributed by atoms with Gasteiger partial charge in [-0.15, -0.1) is 0 Å². The Hall–Kier alpha value is -0.130. The van der Waals surface area contributed by atoms with Gasteiger partial charge in [-0.2, -0.15) is 0 Å². The van der Waals surface area contributed by atoms with E-state index in [1.54, 1.807) is 0 Å². The molecule has 0 bridgehead atoms. The second-order valence-corrected chi connectivity index (χ2v) is 4.03. The molecule has 1 rings (SSSR count). The number of aliphatic hydroxyl groups excluding tert-OH is 1. The van der Waals surface area contributed by atoms with Crippen molar-refractivity contribution in [3.8, 4) is 0 Å². The summed E-state index contributed by atoms with van der Waals surface area (Å²) in [5.41, 5.74) is 2.61. The van der Waals surface area contributed by atoms with E-state index in [4.69, 9.17) is 5.11 Å². The predicted octanol–water partition coefficient (Wildman–Crippen LogP) is 1.68. The van der Waals surface area contributed by atoms with Crippen molar-refractivity contribution in [3.63, 3.8) is 0 Å². The number of aryl methyl sites for hydroxylation is 1. The summed E-state index contributed by atoms with van der Waals surface area (Å²) in [5.74, 6) is 0. The monoisotopic (exact) mass is 291 g/mol. The van der Waals surface area contributed by atoms with Crippen LogP contribution in [0.3, 0.4) is 0 Å². The van der Waals surface area contributed by atoms with Gasteiger partial charge in [0.15, 0.2) is 0 Å². The fourth-order valence-electron chi connectivity index (χ4n) is 1.15. The van der Waals surface area contributed by atoms with Gasteiger partial charge < -0.3 is 10.4 Å². The molecule has 0 aliphatic rings. The molecule has 0 saturated carbocycles. The number of benzene rings is 1. The van der Waals surface area contributed by atoms with Crippen LogP contribution in [-0.4, -0.2) is 18.3 Å². The third kappa shape index (κ3) is 3.25. The van der Waals surface area contributed by atoms with Gasteiger partial charge in [-0.25, -0.2) is 0 Å². The van der Waals surface area contributed by atoms with Crippen molar-refractivity contribution < 1.29 is 5.11 Å². The summed E-state index contributed by atoms with van der Waals surface area (Å²) in [5, 5.41) is 11.8. The summed E-state index contributed by atoms with van der Waals surface area (Å²) in [6, 6.07) is 6.28. The van der Waals surface area contributed by atoms with E-state index in [2.05, 4.69) is 53.0 Å². The van der Waals surface area contributed by atoms with Crippen LogP contribution in [0.1, 0.15) is 11.1 Å². The van der Waals surface area contributed by atoms with Crippen LogP contribution in [0, 0.1) is 10.5 Å². The molecule has 2 nitrogen and oxygen atoms in total. The smallest absolute Gasteiger partial charge is 0.0556 e. The number of rotatable bonds is 4. The average molecular weight is 291 g/mol. The van der Waals surface area contributed by atoms with Crippen LogP contribution in [0.5, 0.6) is 0 Å². The molecule has 0 fully saturated rings. The molecule has 13 heavy (non-hydrogen) atoms. The molecule has 2 N–H and O–H groups in total. The maximum atomic E-state index is 8.60. The van der Waals surface area contributed by atoms with Gasteiger partial charge in [0.05, 0.1) is 6.61 Å². The number of aliphatic hydroxyl groups is 1. The summed E-state index contributed by atoms with van der Waals surface area (Å²) in [7, 11) is 0. The van der Waals surface area contributed by atoms with Gasteiger partial charge >= 0.3 is 0 Å². The third-order valence-corrected chi connectivity index (χ3v) is 3.42. The molecule has 0 amide bonds. The van der Waals surface area contributed by atoms with Crippen LogP contribution in [0.15, 0.2) is 18.2 Å². The predicted molar refractivity (Wildman–Crippen MR) is 62.7 cm³/mol. The normalized spacial score (nSPS) is 10.4. The van der Waals surface area contributed by atoms with Crippen molar-refractivity contribution in [2.45, 2.75) is 13.5 Å². The molecular weight excluding hydrogens is 277 g/mol. The fourth-order valence-corrected chi connectivity index (χ4v) is 1.70. The maximum Gasteiger partial charge on any atom is 0.0556 e. The number of hydrogen-bond donors (Lipinski definition) is 2. The summed E-state index contributed by atoms with van der Waals surface area (Å²) in [4.78, 5) is 0. The molecule has 1 aromatic carbocycles. The summed E-state index contributed by atoms with van der Waals surface area (Å²) < 4.78 is 1.31. The van der Waals surface area contributed by atoms with Gasteiger partial charge in [0, 0.05) is 16.7 Å². The van der Waals surface area contributed by atoms with E-state index in [9.17, 15) is 0 Å². The Balaban J connectivity index is 2.61. The van der Waals surface area contributed by atoms with Gasteiger partial charge in [0.2, 0.25) is 0 Å². The molecule has 0 aliphatic carbocycles. The Morgan fingerprint density at radius 1 is 1.46 bits per heavy atom. The molecular formula is C10H14INO. The zero-order valence-corrected chi connectivity index (χ0v) is 9.84. The van der Waals surface area contributed by atoms with Gasteiger partial charge in [-0.1, -0.05) is 18.2 Å². The minimum atomic E-state index is 0.197. The fraction of sp³-hybridized carbons (Fsp3) is 0.400. The van der Waals surface area contributed by atoms with Crippen molar-refractivity contribution in [1.29, 1.82) is 0 Å². The minimum absolute atomic E-state index is 0.197. The highest BCUT2D eigenvalue weighted by atomic mass is 127. The van der Waals surface area contributed by atoms with Crippen molar-refractivity contribution in [2.24, 2.45) is 0 Å². The summed E-state index contributed by atoms with van der Waals surface area (Å²) in [6.45, 7) is 3.80. The zero-order valence-electron chi connectivity index (χ0n) is 7.68. The van der Waals surface area contributed by atoms with Crippen molar-refractivity contribution in [3.05, 3.63) is 32.9 Å². The first-order valence-electron chi connectivity index (χ1n) is 4.31. The second-order valence-electron chi connectivity index (χ2n) is 2.95. The van der Waals surface area contributed by atoms with E-state index in [1.807, 2.05) is 0 Å². The Kier molecular flexibility index (Phi) is 4.69. The summed E-state index contributed by atoms with van der Waals surface area (Å²) >= 11 is 2.35. The molecule has 0 radical (unpaired) electrons. The second kappa shape index (κ2) is 5.57. The van der Waals surface area contributed by atoms with Crippen LogP contribution >= 0.6 is 22.6 Å². The van der Waals surface area contributed by atoms with Crippen LogP contribution in [0.2, 0.25) is 0 Å². The van der Waals surface area contributed by atoms with Crippen molar-refractivity contribution in [2.75, 3.05) is 13.2 Å². The Morgan fingerprint density at radius 3 is 2.92 bits per heavy atom. The zero-order chi connectivity index (χ0) is 9.68. The molecule has 0 spiro atoms. The lowest BCUT2D eigenvalue weighted by molar-refractivity contribution is 0.292. The standard InChI is InChI=1S/C10H14INO/c1-8-3-2-4-9(10(8)11)7-12-5-6-13/h2-4,12-13H,5-7H2,1H3. The van der Waals surface area contributed by atoms with Crippen molar-refractivity contribution >= 4 is 22.6 Å². The van der Waals surface area contributed by atoms with Crippen LogP contribution in [-0.2, 0) is 6.54 Å². The van der Waals surface area contributed by atoms with Gasteiger partial charge in [-0.05, 0) is 40.6 Å². The number of hydrogen-bond acceptors (Lipinski definition) is 2. The third-order valence-electron chi connectivity index (χ3n) is 1.88. The lowest BCUT2D eigenvalue weighted by Crippen LogP contribution is -2.18. The van der Waals surface area contributed by atoms with Crippen LogP contribution in [0.4, 0.5) is 0 Å². The number of nitrogens with one attached hydrogen (secondary N) is 1. The van der Waals surface area contributed by atoms with Gasteiger partial charge in [0.1, 0.15) is 0 Å². The largest absolute Gasteiger partial charge is 0.395 e. The lowest BCUT2D eigenvalue weighted by Gasteiger charge is -2.07. The SMILES string of the molecule is Cc1cccc(CNCCO)c1I. The molecule has 0 atom stereocenters. The van der Waals surface area contributed by atoms with Gasteiger partial charge in [0.25, 0.3) is 0 Å². The first-order valence-corrected chi connectivity index (χ1v) is 5.39. The highest BCUT2D eigenvalue weighted by Gasteiger charge is 2.00. The van der Waals surface area contributed by atoms with Crippen LogP contribution in [0.25, 0.3) is 0 Å². The average Bonchev–Trinajstić information content (AvgIpc) is 2.13. The molecule has 0 unspecified atom stereocenters. The van der Waals surface area contributed by atoms with E-state index in [-0.39, 0.29) is 6.61 Å². The number of halogens is 1. The molecule has 1 aromatic rings.